The normalized spacial score (nSPS) is 11.8. The van der Waals surface area contributed by atoms with Crippen molar-refractivity contribution < 1.29 is 13.2 Å². The molecule has 1 aromatic carbocycles. The number of rotatable bonds is 6. The molecule has 0 saturated heterocycles. The van der Waals surface area contributed by atoms with Gasteiger partial charge in [-0.2, -0.15) is 5.10 Å². The second kappa shape index (κ2) is 7.31. The third kappa shape index (κ3) is 4.93. The Morgan fingerprint density at radius 3 is 2.61 bits per heavy atom. The summed E-state index contributed by atoms with van der Waals surface area (Å²) < 4.78 is 33.6. The Hall–Kier alpha value is -1.61. The summed E-state index contributed by atoms with van der Waals surface area (Å²) in [4.78, 5) is 0.0719. The Morgan fingerprint density at radius 1 is 1.35 bits per heavy atom. The smallest absolute Gasteiger partial charge is 0.243 e. The van der Waals surface area contributed by atoms with Gasteiger partial charge in [0, 0.05) is 12.1 Å². The first-order chi connectivity index (χ1) is 10.2. The largest absolute Gasteiger partial charge is 0.494 e. The Bertz CT molecular complexity index is 753. The lowest BCUT2D eigenvalue weighted by atomic mass is 10.1. The van der Waals surface area contributed by atoms with Gasteiger partial charge in [0.15, 0.2) is 0 Å². The molecule has 2 aromatic rings. The summed E-state index contributed by atoms with van der Waals surface area (Å²) in [5.41, 5.74) is 5.82. The van der Waals surface area contributed by atoms with Crippen molar-refractivity contribution in [2.75, 3.05) is 13.7 Å². The van der Waals surface area contributed by atoms with Crippen molar-refractivity contribution in [3.63, 3.8) is 0 Å². The molecule has 0 amide bonds. The Morgan fingerprint density at radius 2 is 2.00 bits per heavy atom. The molecule has 0 aliphatic heterocycles. The lowest BCUT2D eigenvalue weighted by Crippen LogP contribution is -2.44. The van der Waals surface area contributed by atoms with Gasteiger partial charge < -0.3 is 10.5 Å². The van der Waals surface area contributed by atoms with E-state index < -0.39 is 15.6 Å². The zero-order valence-corrected chi connectivity index (χ0v) is 14.8. The number of aromatic nitrogens is 2. The molecule has 0 atom stereocenters. The van der Waals surface area contributed by atoms with Crippen molar-refractivity contribution in [3.8, 4) is 11.4 Å². The molecule has 0 saturated carbocycles. The van der Waals surface area contributed by atoms with Gasteiger partial charge >= 0.3 is 0 Å². The van der Waals surface area contributed by atoms with Crippen molar-refractivity contribution >= 4 is 22.4 Å². The van der Waals surface area contributed by atoms with Crippen molar-refractivity contribution in [2.24, 2.45) is 5.73 Å². The molecule has 0 unspecified atom stereocenters. The van der Waals surface area contributed by atoms with Crippen LogP contribution < -0.4 is 15.2 Å². The van der Waals surface area contributed by atoms with Crippen molar-refractivity contribution in [2.45, 2.75) is 24.3 Å². The highest BCUT2D eigenvalue weighted by Gasteiger charge is 2.21. The van der Waals surface area contributed by atoms with E-state index in [0.717, 1.165) is 0 Å². The van der Waals surface area contributed by atoms with Crippen LogP contribution in [0.5, 0.6) is 5.75 Å². The number of nitrogens with two attached hydrogens (primary N) is 1. The van der Waals surface area contributed by atoms with E-state index in [1.54, 1.807) is 33.1 Å². The van der Waals surface area contributed by atoms with E-state index in [4.69, 9.17) is 10.5 Å². The van der Waals surface area contributed by atoms with Crippen LogP contribution in [0.25, 0.3) is 5.69 Å². The van der Waals surface area contributed by atoms with E-state index in [1.807, 2.05) is 12.1 Å². The average molecular weight is 361 g/mol. The second-order valence-corrected chi connectivity index (χ2v) is 7.37. The summed E-state index contributed by atoms with van der Waals surface area (Å²) in [6.45, 7) is 3.62. The van der Waals surface area contributed by atoms with Gasteiger partial charge in [-0.15, -0.1) is 12.4 Å². The number of methoxy groups -OCH3 is 1. The highest BCUT2D eigenvalue weighted by molar-refractivity contribution is 7.89. The van der Waals surface area contributed by atoms with E-state index in [9.17, 15) is 8.42 Å². The van der Waals surface area contributed by atoms with Gasteiger partial charge in [0.05, 0.1) is 19.5 Å². The third-order valence-corrected chi connectivity index (χ3v) is 4.27. The number of ether oxygens (including phenoxy) is 1. The predicted molar refractivity (Wildman–Crippen MR) is 90.8 cm³/mol. The van der Waals surface area contributed by atoms with Crippen LogP contribution in [0.3, 0.4) is 0 Å². The number of nitrogens with zero attached hydrogens (tertiary/aromatic N) is 2. The molecule has 0 bridgehead atoms. The highest BCUT2D eigenvalue weighted by atomic mass is 35.5. The third-order valence-electron chi connectivity index (χ3n) is 2.92. The number of sulfonamides is 1. The van der Waals surface area contributed by atoms with Gasteiger partial charge in [-0.1, -0.05) is 12.1 Å². The molecule has 0 spiro atoms. The lowest BCUT2D eigenvalue weighted by molar-refractivity contribution is 0.411. The van der Waals surface area contributed by atoms with Gasteiger partial charge in [-0.3, -0.25) is 0 Å². The molecule has 0 fully saturated rings. The van der Waals surface area contributed by atoms with Crippen molar-refractivity contribution in [3.05, 3.63) is 36.7 Å². The van der Waals surface area contributed by atoms with E-state index in [-0.39, 0.29) is 23.8 Å². The lowest BCUT2D eigenvalue weighted by Gasteiger charge is -2.18. The van der Waals surface area contributed by atoms with Gasteiger partial charge in [0.1, 0.15) is 16.3 Å². The number of nitrogens with one attached hydrogen (secondary N) is 1. The van der Waals surface area contributed by atoms with Crippen LogP contribution in [-0.4, -0.2) is 37.4 Å². The summed E-state index contributed by atoms with van der Waals surface area (Å²) in [5, 5.41) is 4.09. The van der Waals surface area contributed by atoms with Crippen LogP contribution in [0, 0.1) is 0 Å². The Balaban J connectivity index is 0.00000264. The number of halogens is 1. The molecule has 0 aliphatic rings. The highest BCUT2D eigenvalue weighted by Crippen LogP contribution is 2.22. The SMILES string of the molecule is COc1ccccc1-n1cc(S(=O)(=O)NCC(C)(C)N)cn1.Cl. The standard InChI is InChI=1S/C14H20N4O3S.ClH/c1-14(2,15)10-17-22(19,20)11-8-16-18(9-11)12-6-4-5-7-13(12)21-3;/h4-9,17H,10,15H2,1-3H3;1H. The first-order valence-corrected chi connectivity index (χ1v) is 8.18. The van der Waals surface area contributed by atoms with E-state index in [0.29, 0.717) is 11.4 Å². The first kappa shape index (κ1) is 19.4. The number of hydrogen-bond donors (Lipinski definition) is 2. The first-order valence-electron chi connectivity index (χ1n) is 6.69. The molecule has 3 N–H and O–H groups in total. The minimum atomic E-state index is -3.65. The topological polar surface area (TPSA) is 99.2 Å². The predicted octanol–water partition coefficient (Wildman–Crippen LogP) is 1.32. The summed E-state index contributed by atoms with van der Waals surface area (Å²) in [5.74, 6) is 0.602. The Labute approximate surface area is 142 Å². The molecule has 7 nitrogen and oxygen atoms in total. The summed E-state index contributed by atoms with van der Waals surface area (Å²) in [6, 6.07) is 7.22. The molecular weight excluding hydrogens is 340 g/mol. The zero-order chi connectivity index (χ0) is 16.4. The number of benzene rings is 1. The van der Waals surface area contributed by atoms with Gasteiger partial charge in [-0.25, -0.2) is 17.8 Å². The van der Waals surface area contributed by atoms with Gasteiger partial charge in [-0.05, 0) is 26.0 Å². The average Bonchev–Trinajstić information content (AvgIpc) is 2.95. The second-order valence-electron chi connectivity index (χ2n) is 5.61. The molecule has 9 heteroatoms. The maximum Gasteiger partial charge on any atom is 0.243 e. The van der Waals surface area contributed by atoms with E-state index in [1.165, 1.54) is 17.1 Å². The van der Waals surface area contributed by atoms with Crippen LogP contribution in [-0.2, 0) is 10.0 Å². The fourth-order valence-corrected chi connectivity index (χ4v) is 2.91. The fourth-order valence-electron chi connectivity index (χ4n) is 1.76. The van der Waals surface area contributed by atoms with Crippen molar-refractivity contribution in [1.82, 2.24) is 14.5 Å². The van der Waals surface area contributed by atoms with Crippen LogP contribution in [0.4, 0.5) is 0 Å². The Kier molecular flexibility index (Phi) is 6.18. The van der Waals surface area contributed by atoms with Crippen molar-refractivity contribution in [1.29, 1.82) is 0 Å². The monoisotopic (exact) mass is 360 g/mol. The zero-order valence-electron chi connectivity index (χ0n) is 13.2. The van der Waals surface area contributed by atoms with Crippen LogP contribution in [0.15, 0.2) is 41.6 Å². The minimum Gasteiger partial charge on any atom is -0.494 e. The molecule has 23 heavy (non-hydrogen) atoms. The fraction of sp³-hybridized carbons (Fsp3) is 0.357. The molecule has 1 aromatic heterocycles. The number of para-hydroxylation sites is 2. The molecule has 128 valence electrons. The van der Waals surface area contributed by atoms with E-state index >= 15 is 0 Å². The van der Waals surface area contributed by atoms with Gasteiger partial charge in [0.2, 0.25) is 10.0 Å². The summed E-state index contributed by atoms with van der Waals surface area (Å²) >= 11 is 0. The minimum absolute atomic E-state index is 0. The van der Waals surface area contributed by atoms with Crippen LogP contribution in [0.1, 0.15) is 13.8 Å². The van der Waals surface area contributed by atoms with Gasteiger partial charge in [0.25, 0.3) is 0 Å². The number of hydrogen-bond acceptors (Lipinski definition) is 5. The van der Waals surface area contributed by atoms with E-state index in [2.05, 4.69) is 9.82 Å². The quantitative estimate of drug-likeness (QED) is 0.809. The van der Waals surface area contributed by atoms with Crippen LogP contribution >= 0.6 is 12.4 Å². The maximum atomic E-state index is 12.2. The molecule has 1 heterocycles. The maximum absolute atomic E-state index is 12.2. The molecule has 0 aliphatic carbocycles. The summed E-state index contributed by atoms with van der Waals surface area (Å²) in [7, 11) is -2.11. The molecule has 0 radical (unpaired) electrons. The van der Waals surface area contributed by atoms with Crippen LogP contribution in [0.2, 0.25) is 0 Å². The summed E-state index contributed by atoms with van der Waals surface area (Å²) in [6.07, 6.45) is 2.72. The molecular formula is C14H21ClN4O3S. The molecule has 2 rings (SSSR count).